The number of amidine groups is 1. The van der Waals surface area contributed by atoms with Crippen LogP contribution in [0.2, 0.25) is 5.02 Å². The fraction of sp³-hybridized carbons (Fsp3) is 0.333. The van der Waals surface area contributed by atoms with E-state index in [0.717, 1.165) is 0 Å². The maximum Gasteiger partial charge on any atom is 0.365 e. The molecule has 1 saturated carbocycles. The number of hydrogen-bond donors (Lipinski definition) is 1. The number of oxime groups is 1. The fourth-order valence-electron chi connectivity index (χ4n) is 1.52. The molecule has 7 heteroatoms. The quantitative estimate of drug-likeness (QED) is 0.304. The van der Waals surface area contributed by atoms with Crippen molar-refractivity contribution in [1.29, 1.82) is 0 Å². The molecule has 102 valence electrons. The molecule has 1 fully saturated rings. The van der Waals surface area contributed by atoms with Gasteiger partial charge in [-0.05, 0) is 30.7 Å². The van der Waals surface area contributed by atoms with Crippen LogP contribution in [0.15, 0.2) is 29.4 Å². The third-order valence-corrected chi connectivity index (χ3v) is 3.91. The van der Waals surface area contributed by atoms with Crippen molar-refractivity contribution in [3.05, 3.63) is 34.9 Å². The van der Waals surface area contributed by atoms with Gasteiger partial charge in [-0.15, -0.1) is 23.2 Å². The highest BCUT2D eigenvalue weighted by atomic mass is 35.5. The Morgan fingerprint density at radius 3 is 2.53 bits per heavy atom. The summed E-state index contributed by atoms with van der Waals surface area (Å²) < 4.78 is -0.722. The van der Waals surface area contributed by atoms with E-state index >= 15 is 0 Å². The first-order chi connectivity index (χ1) is 8.88. The predicted octanol–water partition coefficient (Wildman–Crippen LogP) is 3.35. The number of halogens is 3. The maximum atomic E-state index is 11.6. The molecule has 1 aromatic rings. The fourth-order valence-corrected chi connectivity index (χ4v) is 2.17. The van der Waals surface area contributed by atoms with E-state index in [1.54, 1.807) is 24.3 Å². The number of rotatable bonds is 4. The number of alkyl halides is 2. The van der Waals surface area contributed by atoms with Crippen molar-refractivity contribution >= 4 is 46.6 Å². The van der Waals surface area contributed by atoms with Crippen LogP contribution in [0.5, 0.6) is 0 Å². The van der Waals surface area contributed by atoms with Gasteiger partial charge in [0, 0.05) is 17.4 Å². The molecule has 0 heterocycles. The number of hydrogen-bond acceptors (Lipinski definition) is 3. The molecule has 1 atom stereocenters. The van der Waals surface area contributed by atoms with Crippen molar-refractivity contribution in [2.45, 2.75) is 17.2 Å². The summed E-state index contributed by atoms with van der Waals surface area (Å²) in [4.78, 5) is 16.3. The van der Waals surface area contributed by atoms with Gasteiger partial charge in [-0.25, -0.2) is 4.79 Å². The van der Waals surface area contributed by atoms with Crippen molar-refractivity contribution in [2.75, 3.05) is 0 Å². The van der Waals surface area contributed by atoms with Gasteiger partial charge in [0.25, 0.3) is 0 Å². The first-order valence-electron chi connectivity index (χ1n) is 5.55. The van der Waals surface area contributed by atoms with Gasteiger partial charge in [-0.3, -0.25) is 0 Å². The molecule has 0 amide bonds. The predicted molar refractivity (Wildman–Crippen MR) is 75.7 cm³/mol. The lowest BCUT2D eigenvalue weighted by Gasteiger charge is -2.01. The zero-order chi connectivity index (χ0) is 14.0. The number of nitrogens with zero attached hydrogens (tertiary/aromatic N) is 1. The van der Waals surface area contributed by atoms with Crippen LogP contribution in [-0.4, -0.2) is 16.1 Å². The van der Waals surface area contributed by atoms with Gasteiger partial charge >= 0.3 is 5.97 Å². The lowest BCUT2D eigenvalue weighted by atomic mass is 10.2. The van der Waals surface area contributed by atoms with Crippen molar-refractivity contribution < 1.29 is 9.63 Å². The molecule has 1 aliphatic rings. The molecular weight excluding hydrogens is 311 g/mol. The highest BCUT2D eigenvalue weighted by molar-refractivity contribution is 6.51. The smallest absolute Gasteiger partial charge is 0.365 e. The normalized spacial score (nSPS) is 21.0. The van der Waals surface area contributed by atoms with Gasteiger partial charge in [0.15, 0.2) is 0 Å². The number of carbonyl (C=O) groups is 1. The Morgan fingerprint density at radius 1 is 1.42 bits per heavy atom. The van der Waals surface area contributed by atoms with E-state index in [1.807, 2.05) is 0 Å². The Kier molecular flexibility index (Phi) is 4.23. The first-order valence-corrected chi connectivity index (χ1v) is 6.69. The van der Waals surface area contributed by atoms with Crippen LogP contribution in [0.25, 0.3) is 0 Å². The zero-order valence-corrected chi connectivity index (χ0v) is 12.0. The third kappa shape index (κ3) is 4.00. The number of carbonyl (C=O) groups excluding carboxylic acids is 1. The third-order valence-electron chi connectivity index (χ3n) is 2.74. The SMILES string of the molecule is N/C(CC1CC1(Cl)Cl)=N\OC(=O)c1ccc(Cl)cc1. The van der Waals surface area contributed by atoms with E-state index in [0.29, 0.717) is 23.4 Å². The van der Waals surface area contributed by atoms with E-state index in [4.69, 9.17) is 45.4 Å². The molecule has 4 nitrogen and oxygen atoms in total. The van der Waals surface area contributed by atoms with Crippen molar-refractivity contribution in [3.8, 4) is 0 Å². The molecule has 0 bridgehead atoms. The minimum absolute atomic E-state index is 0.0637. The number of benzene rings is 1. The average molecular weight is 322 g/mol. The second-order valence-corrected chi connectivity index (χ2v) is 6.31. The summed E-state index contributed by atoms with van der Waals surface area (Å²) in [6.07, 6.45) is 1.07. The molecule has 0 radical (unpaired) electrons. The molecule has 0 aliphatic heterocycles. The summed E-state index contributed by atoms with van der Waals surface area (Å²) in [5.74, 6) is -0.345. The Bertz CT molecular complexity index is 514. The summed E-state index contributed by atoms with van der Waals surface area (Å²) in [5, 5.41) is 4.10. The van der Waals surface area contributed by atoms with Gasteiger partial charge in [0.05, 0.1) is 5.56 Å². The minimum atomic E-state index is -0.722. The largest absolute Gasteiger partial charge is 0.384 e. The van der Waals surface area contributed by atoms with Gasteiger partial charge in [-0.2, -0.15) is 0 Å². The second kappa shape index (κ2) is 5.57. The Balaban J connectivity index is 1.87. The van der Waals surface area contributed by atoms with E-state index in [2.05, 4.69) is 5.16 Å². The topological polar surface area (TPSA) is 64.7 Å². The van der Waals surface area contributed by atoms with Crippen molar-refractivity contribution in [3.63, 3.8) is 0 Å². The first kappa shape index (κ1) is 14.4. The molecular formula is C12H11Cl3N2O2. The van der Waals surface area contributed by atoms with E-state index < -0.39 is 10.3 Å². The van der Waals surface area contributed by atoms with Crippen LogP contribution in [0.4, 0.5) is 0 Å². The molecule has 1 aromatic carbocycles. The molecule has 2 N–H and O–H groups in total. The van der Waals surface area contributed by atoms with Crippen LogP contribution < -0.4 is 5.73 Å². The zero-order valence-electron chi connectivity index (χ0n) is 9.78. The summed E-state index contributed by atoms with van der Waals surface area (Å²) in [5.41, 5.74) is 5.96. The van der Waals surface area contributed by atoms with Gasteiger partial charge in [0.2, 0.25) is 0 Å². The summed E-state index contributed by atoms with van der Waals surface area (Å²) in [6, 6.07) is 6.26. The molecule has 0 spiro atoms. The summed E-state index contributed by atoms with van der Waals surface area (Å²) >= 11 is 17.4. The van der Waals surface area contributed by atoms with Gasteiger partial charge in [-0.1, -0.05) is 16.8 Å². The lowest BCUT2D eigenvalue weighted by Crippen LogP contribution is -2.15. The molecule has 0 aromatic heterocycles. The lowest BCUT2D eigenvalue weighted by molar-refractivity contribution is 0.0514. The molecule has 0 saturated heterocycles. The second-order valence-electron chi connectivity index (χ2n) is 4.33. The van der Waals surface area contributed by atoms with Gasteiger partial charge in [0.1, 0.15) is 10.2 Å². The maximum absolute atomic E-state index is 11.6. The molecule has 19 heavy (non-hydrogen) atoms. The van der Waals surface area contributed by atoms with Crippen LogP contribution in [0.3, 0.4) is 0 Å². The highest BCUT2D eigenvalue weighted by Crippen LogP contribution is 2.54. The number of nitrogens with two attached hydrogens (primary N) is 1. The Hall–Kier alpha value is -0.970. The van der Waals surface area contributed by atoms with E-state index in [-0.39, 0.29) is 11.8 Å². The van der Waals surface area contributed by atoms with Crippen molar-refractivity contribution in [2.24, 2.45) is 16.8 Å². The van der Waals surface area contributed by atoms with Crippen LogP contribution in [-0.2, 0) is 4.84 Å². The Morgan fingerprint density at radius 2 is 2.00 bits per heavy atom. The van der Waals surface area contributed by atoms with Crippen molar-refractivity contribution in [1.82, 2.24) is 0 Å². The molecule has 2 rings (SSSR count). The molecule has 1 unspecified atom stereocenters. The van der Waals surface area contributed by atoms with Gasteiger partial charge < -0.3 is 10.6 Å². The van der Waals surface area contributed by atoms with Crippen LogP contribution in [0, 0.1) is 5.92 Å². The summed E-state index contributed by atoms with van der Waals surface area (Å²) in [7, 11) is 0. The highest BCUT2D eigenvalue weighted by Gasteiger charge is 2.51. The van der Waals surface area contributed by atoms with E-state index in [9.17, 15) is 4.79 Å². The van der Waals surface area contributed by atoms with Crippen LogP contribution >= 0.6 is 34.8 Å². The average Bonchev–Trinajstić information content (AvgIpc) is 2.94. The standard InChI is InChI=1S/C12H11Cl3N2O2/c13-9-3-1-7(2-4-9)11(18)19-17-10(16)5-8-6-12(8,14)15/h1-4,8H,5-6H2,(H2,16,17). The van der Waals surface area contributed by atoms with Crippen LogP contribution in [0.1, 0.15) is 23.2 Å². The Labute approximate surface area is 125 Å². The monoisotopic (exact) mass is 320 g/mol. The minimum Gasteiger partial charge on any atom is -0.384 e. The molecule has 1 aliphatic carbocycles. The van der Waals surface area contributed by atoms with E-state index in [1.165, 1.54) is 0 Å². The summed E-state index contributed by atoms with van der Waals surface area (Å²) in [6.45, 7) is 0.